The number of hydrogen-bond donors (Lipinski definition) is 2. The third-order valence-electron chi connectivity index (χ3n) is 6.47. The first kappa shape index (κ1) is 24.8. The van der Waals surface area contributed by atoms with E-state index in [1.54, 1.807) is 28.4 Å². The summed E-state index contributed by atoms with van der Waals surface area (Å²) < 4.78 is 5.96. The molecule has 0 radical (unpaired) electrons. The monoisotopic (exact) mass is 516 g/mol. The molecule has 0 aliphatic carbocycles. The molecule has 3 heterocycles. The molecule has 2 aromatic carbocycles. The van der Waals surface area contributed by atoms with Crippen LogP contribution >= 0.6 is 11.3 Å². The molecule has 1 saturated heterocycles. The Hall–Kier alpha value is -3.89. The Morgan fingerprint density at radius 1 is 1.16 bits per heavy atom. The van der Waals surface area contributed by atoms with Crippen LogP contribution < -0.4 is 11.5 Å². The standard InChI is InChI=1S/C27H28N6O3S/c1-16-15-37-24(30-16)21-9-6-10-33(21)25(35)20-12-18(22(28)34)11-19(13-20)23-31-32-26(36-23)27(2,29)14-17-7-4-3-5-8-17/h3-5,7-8,11-13,15,21H,6,9-10,14,29H2,1-2H3,(H2,28,34)/t21-,27-/m1/s1. The largest absolute Gasteiger partial charge is 0.419 e. The van der Waals surface area contributed by atoms with Gasteiger partial charge in [-0.2, -0.15) is 0 Å². The summed E-state index contributed by atoms with van der Waals surface area (Å²) in [5.41, 5.74) is 14.1. The van der Waals surface area contributed by atoms with Crippen molar-refractivity contribution in [2.45, 2.75) is 44.7 Å². The van der Waals surface area contributed by atoms with E-state index in [1.807, 2.05) is 49.6 Å². The van der Waals surface area contributed by atoms with Crippen LogP contribution in [0.4, 0.5) is 0 Å². The molecule has 2 atom stereocenters. The van der Waals surface area contributed by atoms with Crippen molar-refractivity contribution in [3.05, 3.63) is 87.2 Å². The zero-order valence-corrected chi connectivity index (χ0v) is 21.5. The van der Waals surface area contributed by atoms with Gasteiger partial charge in [-0.25, -0.2) is 4.98 Å². The summed E-state index contributed by atoms with van der Waals surface area (Å²) in [5.74, 6) is -0.447. The van der Waals surface area contributed by atoms with Gasteiger partial charge in [-0.05, 0) is 56.9 Å². The number of hydrogen-bond acceptors (Lipinski definition) is 8. The Bertz CT molecular complexity index is 1450. The molecule has 190 valence electrons. The zero-order chi connectivity index (χ0) is 26.2. The fraction of sp³-hybridized carbons (Fsp3) is 0.296. The van der Waals surface area contributed by atoms with Crippen LogP contribution in [0.25, 0.3) is 11.5 Å². The van der Waals surface area contributed by atoms with Crippen LogP contribution in [0.3, 0.4) is 0 Å². The number of nitrogens with zero attached hydrogens (tertiary/aromatic N) is 4. The van der Waals surface area contributed by atoms with Crippen molar-refractivity contribution in [1.29, 1.82) is 0 Å². The zero-order valence-electron chi connectivity index (χ0n) is 20.7. The molecular weight excluding hydrogens is 488 g/mol. The van der Waals surface area contributed by atoms with E-state index in [2.05, 4.69) is 15.2 Å². The van der Waals surface area contributed by atoms with E-state index in [9.17, 15) is 9.59 Å². The Balaban J connectivity index is 1.46. The van der Waals surface area contributed by atoms with Gasteiger partial charge in [0.25, 0.3) is 5.91 Å². The minimum Gasteiger partial charge on any atom is -0.419 e. The van der Waals surface area contributed by atoms with Gasteiger partial charge in [-0.1, -0.05) is 30.3 Å². The number of aryl methyl sites for hydroxylation is 1. The van der Waals surface area contributed by atoms with E-state index in [1.165, 1.54) is 6.07 Å². The molecule has 4 aromatic rings. The van der Waals surface area contributed by atoms with E-state index in [0.717, 1.165) is 29.1 Å². The van der Waals surface area contributed by atoms with Crippen LogP contribution in [0, 0.1) is 6.92 Å². The Morgan fingerprint density at radius 2 is 1.92 bits per heavy atom. The predicted octanol–water partition coefficient (Wildman–Crippen LogP) is 3.99. The van der Waals surface area contributed by atoms with Crippen molar-refractivity contribution >= 4 is 23.2 Å². The summed E-state index contributed by atoms with van der Waals surface area (Å²) in [6.07, 6.45) is 2.21. The molecular formula is C27H28N6O3S. The van der Waals surface area contributed by atoms with Crippen LogP contribution in [-0.4, -0.2) is 38.4 Å². The van der Waals surface area contributed by atoms with E-state index >= 15 is 0 Å². The first-order valence-corrected chi connectivity index (χ1v) is 12.9. The van der Waals surface area contributed by atoms with Crippen LogP contribution in [-0.2, 0) is 12.0 Å². The minimum atomic E-state index is -0.916. The summed E-state index contributed by atoms with van der Waals surface area (Å²) in [6, 6.07) is 14.4. The normalized spacial score (nSPS) is 17.1. The Kier molecular flexibility index (Phi) is 6.61. The molecule has 0 saturated carbocycles. The Labute approximate surface area is 218 Å². The molecule has 2 aromatic heterocycles. The minimum absolute atomic E-state index is 0.0992. The highest BCUT2D eigenvalue weighted by atomic mass is 32.1. The van der Waals surface area contributed by atoms with Gasteiger partial charge >= 0.3 is 0 Å². The molecule has 37 heavy (non-hydrogen) atoms. The van der Waals surface area contributed by atoms with E-state index < -0.39 is 11.4 Å². The maximum Gasteiger partial charge on any atom is 0.254 e. The topological polar surface area (TPSA) is 141 Å². The maximum atomic E-state index is 13.6. The molecule has 2 amide bonds. The average Bonchev–Trinajstić information content (AvgIpc) is 3.64. The molecule has 0 unspecified atom stereocenters. The van der Waals surface area contributed by atoms with Crippen molar-refractivity contribution in [3.63, 3.8) is 0 Å². The van der Waals surface area contributed by atoms with Crippen molar-refractivity contribution in [1.82, 2.24) is 20.1 Å². The predicted molar refractivity (Wildman–Crippen MR) is 140 cm³/mol. The Morgan fingerprint density at radius 3 is 2.62 bits per heavy atom. The van der Waals surface area contributed by atoms with Crippen molar-refractivity contribution in [2.24, 2.45) is 11.5 Å². The molecule has 1 aliphatic rings. The quantitative estimate of drug-likeness (QED) is 0.378. The number of nitrogens with two attached hydrogens (primary N) is 2. The molecule has 1 fully saturated rings. The van der Waals surface area contributed by atoms with Crippen molar-refractivity contribution < 1.29 is 14.0 Å². The van der Waals surface area contributed by atoms with Gasteiger partial charge in [-0.15, -0.1) is 21.5 Å². The lowest BCUT2D eigenvalue weighted by Crippen LogP contribution is -2.35. The van der Waals surface area contributed by atoms with Crippen molar-refractivity contribution in [3.8, 4) is 11.5 Å². The molecule has 10 heteroatoms. The van der Waals surface area contributed by atoms with Gasteiger partial charge in [-0.3, -0.25) is 9.59 Å². The number of thiazole rings is 1. The molecule has 0 spiro atoms. The van der Waals surface area contributed by atoms with Crippen LogP contribution in [0.5, 0.6) is 0 Å². The summed E-state index contributed by atoms with van der Waals surface area (Å²) in [5, 5.41) is 11.3. The van der Waals surface area contributed by atoms with Gasteiger partial charge in [0.15, 0.2) is 0 Å². The maximum absolute atomic E-state index is 13.6. The second kappa shape index (κ2) is 9.87. The SMILES string of the molecule is Cc1csc([C@H]2CCCN2C(=O)c2cc(C(N)=O)cc(-c3nnc([C@](C)(N)Cc4ccccc4)o3)c2)n1. The number of likely N-dealkylation sites (tertiary alicyclic amines) is 1. The van der Waals surface area contributed by atoms with Gasteiger partial charge < -0.3 is 20.8 Å². The average molecular weight is 517 g/mol. The fourth-order valence-corrected chi connectivity index (χ4v) is 5.58. The highest BCUT2D eigenvalue weighted by Crippen LogP contribution is 2.35. The third kappa shape index (κ3) is 5.16. The van der Waals surface area contributed by atoms with Crippen LogP contribution in [0.1, 0.15) is 68.7 Å². The summed E-state index contributed by atoms with van der Waals surface area (Å²) >= 11 is 1.55. The molecule has 9 nitrogen and oxygen atoms in total. The number of primary amides is 1. The second-order valence-corrected chi connectivity index (χ2v) is 10.5. The fourth-order valence-electron chi connectivity index (χ4n) is 4.64. The van der Waals surface area contributed by atoms with Gasteiger partial charge in [0.1, 0.15) is 5.01 Å². The summed E-state index contributed by atoms with van der Waals surface area (Å²) in [7, 11) is 0. The highest BCUT2D eigenvalue weighted by molar-refractivity contribution is 7.09. The number of carbonyl (C=O) groups excluding carboxylic acids is 2. The molecule has 5 rings (SSSR count). The van der Waals surface area contributed by atoms with Gasteiger partial charge in [0, 0.05) is 34.3 Å². The van der Waals surface area contributed by atoms with E-state index in [0.29, 0.717) is 24.1 Å². The van der Waals surface area contributed by atoms with E-state index in [-0.39, 0.29) is 29.3 Å². The lowest BCUT2D eigenvalue weighted by Gasteiger charge is -2.23. The molecule has 1 aliphatic heterocycles. The molecule has 0 bridgehead atoms. The number of benzene rings is 2. The second-order valence-electron chi connectivity index (χ2n) is 9.64. The van der Waals surface area contributed by atoms with Crippen LogP contribution in [0.2, 0.25) is 0 Å². The first-order chi connectivity index (χ1) is 17.7. The highest BCUT2D eigenvalue weighted by Gasteiger charge is 2.33. The number of carbonyl (C=O) groups is 2. The third-order valence-corrected chi connectivity index (χ3v) is 7.54. The first-order valence-electron chi connectivity index (χ1n) is 12.1. The summed E-state index contributed by atoms with van der Waals surface area (Å²) in [6.45, 7) is 4.36. The van der Waals surface area contributed by atoms with Gasteiger partial charge in [0.05, 0.1) is 11.6 Å². The smallest absolute Gasteiger partial charge is 0.254 e. The van der Waals surface area contributed by atoms with Gasteiger partial charge in [0.2, 0.25) is 17.7 Å². The van der Waals surface area contributed by atoms with Crippen molar-refractivity contribution in [2.75, 3.05) is 6.54 Å². The lowest BCUT2D eigenvalue weighted by atomic mass is 9.94. The number of rotatable bonds is 7. The number of amides is 2. The number of aromatic nitrogens is 3. The van der Waals surface area contributed by atoms with E-state index in [4.69, 9.17) is 15.9 Å². The molecule has 4 N–H and O–H groups in total. The lowest BCUT2D eigenvalue weighted by molar-refractivity contribution is 0.0735. The van der Waals surface area contributed by atoms with Crippen LogP contribution in [0.15, 0.2) is 58.3 Å². The summed E-state index contributed by atoms with van der Waals surface area (Å²) in [4.78, 5) is 32.2.